The van der Waals surface area contributed by atoms with Gasteiger partial charge in [0, 0.05) is 0 Å². The van der Waals surface area contributed by atoms with E-state index in [-0.39, 0.29) is 5.75 Å². The molecular formula is C13H15F3O3. The molecule has 0 fully saturated rings. The molecule has 0 bridgehead atoms. The lowest BCUT2D eigenvalue weighted by Gasteiger charge is -2.22. The fourth-order valence-corrected chi connectivity index (χ4v) is 2.11. The van der Waals surface area contributed by atoms with Crippen LogP contribution in [0.2, 0.25) is 0 Å². The van der Waals surface area contributed by atoms with Crippen molar-refractivity contribution >= 4 is 0 Å². The van der Waals surface area contributed by atoms with Crippen LogP contribution < -0.4 is 4.74 Å². The van der Waals surface area contributed by atoms with Crippen molar-refractivity contribution in [3.63, 3.8) is 0 Å². The minimum atomic E-state index is -4.69. The predicted molar refractivity (Wildman–Crippen MR) is 61.9 cm³/mol. The van der Waals surface area contributed by atoms with E-state index in [1.165, 1.54) is 0 Å². The van der Waals surface area contributed by atoms with Gasteiger partial charge in [-0.1, -0.05) is 6.07 Å². The van der Waals surface area contributed by atoms with Crippen LogP contribution in [-0.4, -0.2) is 29.1 Å². The highest BCUT2D eigenvalue weighted by molar-refractivity contribution is 5.38. The van der Waals surface area contributed by atoms with Crippen molar-refractivity contribution < 1.29 is 28.1 Å². The number of ether oxygens (including phenoxy) is 1. The second kappa shape index (κ2) is 5.38. The highest BCUT2D eigenvalue weighted by Crippen LogP contribution is 2.32. The van der Waals surface area contributed by atoms with Crippen LogP contribution in [0, 0.1) is 0 Å². The number of alkyl halides is 3. The molecule has 0 heterocycles. The number of hydrogen-bond donors (Lipinski definition) is 2. The molecule has 0 amide bonds. The van der Waals surface area contributed by atoms with Gasteiger partial charge in [-0.25, -0.2) is 0 Å². The third-order valence-electron chi connectivity index (χ3n) is 3.19. The Kier molecular flexibility index (Phi) is 4.01. The minimum Gasteiger partial charge on any atom is -0.491 e. The maximum atomic E-state index is 12.1. The average Bonchev–Trinajstić information content (AvgIpc) is 2.35. The van der Waals surface area contributed by atoms with Crippen molar-refractivity contribution in [1.82, 2.24) is 0 Å². The van der Waals surface area contributed by atoms with E-state index in [0.717, 1.165) is 18.4 Å². The van der Waals surface area contributed by atoms with Gasteiger partial charge in [-0.3, -0.25) is 0 Å². The Balaban J connectivity index is 2.04. The third-order valence-corrected chi connectivity index (χ3v) is 3.19. The van der Waals surface area contributed by atoms with Crippen molar-refractivity contribution in [1.29, 1.82) is 0 Å². The maximum absolute atomic E-state index is 12.1. The van der Waals surface area contributed by atoms with E-state index in [4.69, 9.17) is 9.84 Å². The summed E-state index contributed by atoms with van der Waals surface area (Å²) in [6.45, 7) is -0.849. The summed E-state index contributed by atoms with van der Waals surface area (Å²) in [6.07, 6.45) is -5.41. The quantitative estimate of drug-likeness (QED) is 0.891. The Morgan fingerprint density at radius 2 is 2.11 bits per heavy atom. The first kappa shape index (κ1) is 14.1. The summed E-state index contributed by atoms with van der Waals surface area (Å²) in [5.74, 6) is 0.225. The second-order valence-electron chi connectivity index (χ2n) is 4.64. The lowest BCUT2D eigenvalue weighted by Crippen LogP contribution is -2.34. The van der Waals surface area contributed by atoms with Crippen molar-refractivity contribution in [3.8, 4) is 5.75 Å². The van der Waals surface area contributed by atoms with E-state index in [9.17, 15) is 18.3 Å². The van der Waals surface area contributed by atoms with Gasteiger partial charge in [-0.15, -0.1) is 0 Å². The standard InChI is InChI=1S/C13H15F3O3/c14-13(15,16)12(18)7-19-9-5-4-8-2-1-3-11(17)10(8)6-9/h4-6,11-12,17-18H,1-3,7H2. The number of benzene rings is 1. The Morgan fingerprint density at radius 1 is 1.37 bits per heavy atom. The van der Waals surface area contributed by atoms with Gasteiger partial charge in [0.15, 0.2) is 6.10 Å². The molecule has 0 saturated heterocycles. The number of rotatable bonds is 3. The molecule has 3 nitrogen and oxygen atoms in total. The number of hydrogen-bond acceptors (Lipinski definition) is 3. The summed E-state index contributed by atoms with van der Waals surface area (Å²) in [7, 11) is 0. The summed E-state index contributed by atoms with van der Waals surface area (Å²) in [5, 5.41) is 18.6. The molecule has 6 heteroatoms. The van der Waals surface area contributed by atoms with Gasteiger partial charge < -0.3 is 14.9 Å². The van der Waals surface area contributed by atoms with Crippen molar-refractivity contribution in [2.75, 3.05) is 6.61 Å². The molecule has 0 saturated carbocycles. The van der Waals surface area contributed by atoms with Gasteiger partial charge in [0.1, 0.15) is 12.4 Å². The van der Waals surface area contributed by atoms with Crippen molar-refractivity contribution in [2.45, 2.75) is 37.6 Å². The zero-order valence-corrected chi connectivity index (χ0v) is 10.2. The molecule has 0 spiro atoms. The summed E-state index contributed by atoms with van der Waals surface area (Å²) in [5.41, 5.74) is 1.69. The van der Waals surface area contributed by atoms with Gasteiger partial charge in [-0.05, 0) is 42.5 Å². The molecule has 2 unspecified atom stereocenters. The fourth-order valence-electron chi connectivity index (χ4n) is 2.11. The summed E-state index contributed by atoms with van der Waals surface area (Å²) in [6, 6.07) is 4.84. The van der Waals surface area contributed by atoms with Crippen LogP contribution in [0.1, 0.15) is 30.1 Å². The number of aryl methyl sites for hydroxylation is 1. The molecule has 0 radical (unpaired) electrons. The number of aliphatic hydroxyl groups excluding tert-OH is 2. The monoisotopic (exact) mass is 276 g/mol. The molecular weight excluding hydrogens is 261 g/mol. The van der Waals surface area contributed by atoms with Crippen LogP contribution in [0.25, 0.3) is 0 Å². The molecule has 1 aliphatic rings. The zero-order chi connectivity index (χ0) is 14.0. The van der Waals surface area contributed by atoms with Gasteiger partial charge >= 0.3 is 6.18 Å². The van der Waals surface area contributed by atoms with Crippen LogP contribution in [0.4, 0.5) is 13.2 Å². The number of aliphatic hydroxyl groups is 2. The van der Waals surface area contributed by atoms with Crippen molar-refractivity contribution in [2.24, 2.45) is 0 Å². The lowest BCUT2D eigenvalue weighted by molar-refractivity contribution is -0.210. The molecule has 106 valence electrons. The summed E-state index contributed by atoms with van der Waals surface area (Å²) in [4.78, 5) is 0. The molecule has 19 heavy (non-hydrogen) atoms. The Labute approximate surface area is 108 Å². The number of halogens is 3. The van der Waals surface area contributed by atoms with Gasteiger partial charge in [-0.2, -0.15) is 13.2 Å². The highest BCUT2D eigenvalue weighted by Gasteiger charge is 2.38. The molecule has 2 rings (SSSR count). The topological polar surface area (TPSA) is 49.7 Å². The maximum Gasteiger partial charge on any atom is 0.417 e. The molecule has 1 aromatic carbocycles. The summed E-state index contributed by atoms with van der Waals surface area (Å²) < 4.78 is 41.3. The largest absolute Gasteiger partial charge is 0.491 e. The Hall–Kier alpha value is -1.27. The van der Waals surface area contributed by atoms with E-state index >= 15 is 0 Å². The van der Waals surface area contributed by atoms with E-state index in [1.54, 1.807) is 18.2 Å². The van der Waals surface area contributed by atoms with Crippen LogP contribution >= 0.6 is 0 Å². The predicted octanol–water partition coefficient (Wildman–Crippen LogP) is 2.36. The van der Waals surface area contributed by atoms with Crippen molar-refractivity contribution in [3.05, 3.63) is 29.3 Å². The Bertz CT molecular complexity index is 445. The van der Waals surface area contributed by atoms with E-state index in [0.29, 0.717) is 12.0 Å². The van der Waals surface area contributed by atoms with Gasteiger partial charge in [0.05, 0.1) is 6.10 Å². The molecule has 2 N–H and O–H groups in total. The normalized spacial score (nSPS) is 20.8. The zero-order valence-electron chi connectivity index (χ0n) is 10.2. The average molecular weight is 276 g/mol. The minimum absolute atomic E-state index is 0.225. The second-order valence-corrected chi connectivity index (χ2v) is 4.64. The molecule has 2 atom stereocenters. The lowest BCUT2D eigenvalue weighted by atomic mass is 9.89. The molecule has 0 aromatic heterocycles. The SMILES string of the molecule is OC1CCCc2ccc(OCC(O)C(F)(F)F)cc21. The number of fused-ring (bicyclic) bond motifs is 1. The fraction of sp³-hybridized carbons (Fsp3) is 0.538. The summed E-state index contributed by atoms with van der Waals surface area (Å²) >= 11 is 0. The highest BCUT2D eigenvalue weighted by atomic mass is 19.4. The first-order chi connectivity index (χ1) is 8.88. The molecule has 1 aliphatic carbocycles. The first-order valence-electron chi connectivity index (χ1n) is 6.06. The van der Waals surface area contributed by atoms with E-state index in [2.05, 4.69) is 0 Å². The first-order valence-corrected chi connectivity index (χ1v) is 6.06. The molecule has 1 aromatic rings. The van der Waals surface area contributed by atoms with E-state index < -0.39 is 25.0 Å². The van der Waals surface area contributed by atoms with E-state index in [1.807, 2.05) is 0 Å². The smallest absolute Gasteiger partial charge is 0.417 e. The molecule has 0 aliphatic heterocycles. The van der Waals surface area contributed by atoms with Gasteiger partial charge in [0.2, 0.25) is 0 Å². The Morgan fingerprint density at radius 3 is 2.79 bits per heavy atom. The third kappa shape index (κ3) is 3.39. The van der Waals surface area contributed by atoms with Crippen LogP contribution in [0.15, 0.2) is 18.2 Å². The van der Waals surface area contributed by atoms with Crippen LogP contribution in [0.5, 0.6) is 5.75 Å². The van der Waals surface area contributed by atoms with Gasteiger partial charge in [0.25, 0.3) is 0 Å². The van der Waals surface area contributed by atoms with Crippen LogP contribution in [0.3, 0.4) is 0 Å². The van der Waals surface area contributed by atoms with Crippen LogP contribution in [-0.2, 0) is 6.42 Å².